The summed E-state index contributed by atoms with van der Waals surface area (Å²) in [5.74, 6) is 0.984. The first-order valence-electron chi connectivity index (χ1n) is 6.33. The van der Waals surface area contributed by atoms with Crippen LogP contribution in [0.4, 0.5) is 5.69 Å². The molecule has 88 valence electrons. The van der Waals surface area contributed by atoms with Crippen molar-refractivity contribution in [3.8, 4) is 5.75 Å². The molecule has 2 rings (SSSR count). The summed E-state index contributed by atoms with van der Waals surface area (Å²) in [7, 11) is 0. The lowest BCUT2D eigenvalue weighted by Gasteiger charge is -2.15. The third-order valence-corrected chi connectivity index (χ3v) is 3.66. The number of aromatic hydroxyl groups is 1. The lowest BCUT2D eigenvalue weighted by molar-refractivity contribution is 0.454. The highest BCUT2D eigenvalue weighted by atomic mass is 16.3. The van der Waals surface area contributed by atoms with Crippen LogP contribution in [0.3, 0.4) is 0 Å². The summed E-state index contributed by atoms with van der Waals surface area (Å²) in [5, 5.41) is 9.56. The van der Waals surface area contributed by atoms with Gasteiger partial charge in [-0.1, -0.05) is 50.7 Å². The number of phenolic OH excluding ortho intramolecular Hbond substituents is 1. The average molecular weight is 219 g/mol. The smallest absolute Gasteiger partial charge is 0.138 e. The van der Waals surface area contributed by atoms with Crippen molar-refractivity contribution >= 4 is 5.69 Å². The number of rotatable bonds is 2. The molecule has 1 saturated carbocycles. The fourth-order valence-corrected chi connectivity index (χ4v) is 2.66. The van der Waals surface area contributed by atoms with Crippen molar-refractivity contribution in [2.45, 2.75) is 44.9 Å². The van der Waals surface area contributed by atoms with E-state index in [9.17, 15) is 5.11 Å². The predicted molar refractivity (Wildman–Crippen MR) is 67.4 cm³/mol. The summed E-state index contributed by atoms with van der Waals surface area (Å²) in [6, 6.07) is 5.59. The van der Waals surface area contributed by atoms with E-state index in [0.29, 0.717) is 5.69 Å². The zero-order valence-corrected chi connectivity index (χ0v) is 9.78. The molecule has 1 fully saturated rings. The molecule has 1 aliphatic rings. The second-order valence-electron chi connectivity index (χ2n) is 4.91. The Morgan fingerprint density at radius 1 is 1.12 bits per heavy atom. The molecule has 0 bridgehead atoms. The number of para-hydroxylation sites is 1. The van der Waals surface area contributed by atoms with Crippen LogP contribution in [0.2, 0.25) is 0 Å². The second-order valence-corrected chi connectivity index (χ2v) is 4.91. The first-order valence-corrected chi connectivity index (χ1v) is 6.33. The van der Waals surface area contributed by atoms with Gasteiger partial charge in [0.05, 0.1) is 5.69 Å². The largest absolute Gasteiger partial charge is 0.506 e. The maximum absolute atomic E-state index is 9.56. The fourth-order valence-electron chi connectivity index (χ4n) is 2.66. The number of hydrogen-bond acceptors (Lipinski definition) is 2. The van der Waals surface area contributed by atoms with Crippen molar-refractivity contribution in [3.63, 3.8) is 0 Å². The molecule has 0 radical (unpaired) electrons. The highest BCUT2D eigenvalue weighted by Crippen LogP contribution is 2.30. The maximum atomic E-state index is 9.56. The van der Waals surface area contributed by atoms with Gasteiger partial charge in [-0.15, -0.1) is 0 Å². The lowest BCUT2D eigenvalue weighted by atomic mass is 9.91. The van der Waals surface area contributed by atoms with Crippen LogP contribution in [0.5, 0.6) is 5.75 Å². The highest BCUT2D eigenvalue weighted by molar-refractivity contribution is 5.57. The summed E-state index contributed by atoms with van der Waals surface area (Å²) in [5.41, 5.74) is 7.58. The van der Waals surface area contributed by atoms with Crippen molar-refractivity contribution in [1.29, 1.82) is 0 Å². The standard InChI is InChI=1S/C14H21NO/c15-14-12(8-5-9-13(14)16)10-11-6-3-1-2-4-7-11/h5,8-9,11,16H,1-4,6-7,10,15H2. The number of nitrogen functional groups attached to an aromatic ring is 1. The van der Waals surface area contributed by atoms with E-state index in [0.717, 1.165) is 17.9 Å². The molecule has 2 heteroatoms. The molecule has 0 spiro atoms. The molecule has 2 nitrogen and oxygen atoms in total. The maximum Gasteiger partial charge on any atom is 0.138 e. The van der Waals surface area contributed by atoms with Crippen molar-refractivity contribution in [1.82, 2.24) is 0 Å². The Labute approximate surface area is 97.5 Å². The normalized spacial score (nSPS) is 18.2. The minimum absolute atomic E-state index is 0.228. The van der Waals surface area contributed by atoms with Gasteiger partial charge in [-0.05, 0) is 24.0 Å². The zero-order valence-electron chi connectivity index (χ0n) is 9.78. The second kappa shape index (κ2) is 5.24. The quantitative estimate of drug-likeness (QED) is 0.454. The van der Waals surface area contributed by atoms with Gasteiger partial charge >= 0.3 is 0 Å². The van der Waals surface area contributed by atoms with Crippen LogP contribution < -0.4 is 5.73 Å². The van der Waals surface area contributed by atoms with E-state index in [1.54, 1.807) is 6.07 Å². The van der Waals surface area contributed by atoms with Gasteiger partial charge in [0.1, 0.15) is 5.75 Å². The molecule has 1 aliphatic carbocycles. The van der Waals surface area contributed by atoms with Gasteiger partial charge in [0.25, 0.3) is 0 Å². The number of benzene rings is 1. The van der Waals surface area contributed by atoms with Crippen molar-refractivity contribution in [3.05, 3.63) is 23.8 Å². The summed E-state index contributed by atoms with van der Waals surface area (Å²) in [4.78, 5) is 0. The summed E-state index contributed by atoms with van der Waals surface area (Å²) < 4.78 is 0. The molecular formula is C14H21NO. The monoisotopic (exact) mass is 219 g/mol. The van der Waals surface area contributed by atoms with Crippen LogP contribution in [0.1, 0.15) is 44.1 Å². The zero-order chi connectivity index (χ0) is 11.4. The Morgan fingerprint density at radius 2 is 1.81 bits per heavy atom. The SMILES string of the molecule is Nc1c(O)cccc1CC1CCCCCC1. The fraction of sp³-hybridized carbons (Fsp3) is 0.571. The van der Waals surface area contributed by atoms with Crippen molar-refractivity contribution in [2.24, 2.45) is 5.92 Å². The molecule has 0 atom stereocenters. The van der Waals surface area contributed by atoms with Gasteiger partial charge in [-0.3, -0.25) is 0 Å². The van der Waals surface area contributed by atoms with Gasteiger partial charge in [0.2, 0.25) is 0 Å². The van der Waals surface area contributed by atoms with E-state index in [2.05, 4.69) is 0 Å². The molecule has 1 aromatic rings. The van der Waals surface area contributed by atoms with Crippen LogP contribution in [0, 0.1) is 5.92 Å². The Hall–Kier alpha value is -1.18. The van der Waals surface area contributed by atoms with Crippen LogP contribution in [0.15, 0.2) is 18.2 Å². The molecule has 0 amide bonds. The number of hydrogen-bond donors (Lipinski definition) is 2. The van der Waals surface area contributed by atoms with Gasteiger partial charge in [0.15, 0.2) is 0 Å². The van der Waals surface area contributed by atoms with Gasteiger partial charge in [-0.25, -0.2) is 0 Å². The van der Waals surface area contributed by atoms with Gasteiger partial charge in [0, 0.05) is 0 Å². The Bertz CT molecular complexity index is 341. The molecular weight excluding hydrogens is 198 g/mol. The highest BCUT2D eigenvalue weighted by Gasteiger charge is 2.14. The summed E-state index contributed by atoms with van der Waals surface area (Å²) >= 11 is 0. The van der Waals surface area contributed by atoms with Crippen LogP contribution in [0.25, 0.3) is 0 Å². The Morgan fingerprint density at radius 3 is 2.50 bits per heavy atom. The molecule has 3 N–H and O–H groups in total. The van der Waals surface area contributed by atoms with E-state index in [1.165, 1.54) is 38.5 Å². The van der Waals surface area contributed by atoms with E-state index in [4.69, 9.17) is 5.73 Å². The summed E-state index contributed by atoms with van der Waals surface area (Å²) in [6.45, 7) is 0. The minimum atomic E-state index is 0.228. The first kappa shape index (κ1) is 11.3. The van der Waals surface area contributed by atoms with Crippen LogP contribution in [-0.2, 0) is 6.42 Å². The van der Waals surface area contributed by atoms with Crippen molar-refractivity contribution < 1.29 is 5.11 Å². The van der Waals surface area contributed by atoms with E-state index in [-0.39, 0.29) is 5.75 Å². The molecule has 16 heavy (non-hydrogen) atoms. The number of phenols is 1. The minimum Gasteiger partial charge on any atom is -0.506 e. The molecule has 1 aromatic carbocycles. The van der Waals surface area contributed by atoms with Gasteiger partial charge < -0.3 is 10.8 Å². The van der Waals surface area contributed by atoms with E-state index < -0.39 is 0 Å². The first-order chi connectivity index (χ1) is 7.77. The molecule has 0 unspecified atom stereocenters. The average Bonchev–Trinajstić information content (AvgIpc) is 2.53. The molecule has 0 aromatic heterocycles. The topological polar surface area (TPSA) is 46.2 Å². The Balaban J connectivity index is 2.04. The number of anilines is 1. The molecule has 0 saturated heterocycles. The van der Waals surface area contributed by atoms with E-state index >= 15 is 0 Å². The molecule has 0 heterocycles. The third-order valence-electron chi connectivity index (χ3n) is 3.66. The predicted octanol–water partition coefficient (Wildman–Crippen LogP) is 3.49. The third kappa shape index (κ3) is 2.69. The molecule has 0 aliphatic heterocycles. The Kier molecular flexibility index (Phi) is 3.70. The van der Waals surface area contributed by atoms with Crippen LogP contribution in [-0.4, -0.2) is 5.11 Å². The lowest BCUT2D eigenvalue weighted by Crippen LogP contribution is -2.05. The van der Waals surface area contributed by atoms with Crippen molar-refractivity contribution in [2.75, 3.05) is 5.73 Å². The van der Waals surface area contributed by atoms with Crippen LogP contribution >= 0.6 is 0 Å². The summed E-state index contributed by atoms with van der Waals surface area (Å²) in [6.07, 6.45) is 9.12. The van der Waals surface area contributed by atoms with E-state index in [1.807, 2.05) is 12.1 Å². The van der Waals surface area contributed by atoms with Gasteiger partial charge in [-0.2, -0.15) is 0 Å². The number of nitrogens with two attached hydrogens (primary N) is 1.